The summed E-state index contributed by atoms with van der Waals surface area (Å²) in [7, 11) is 1.68. The summed E-state index contributed by atoms with van der Waals surface area (Å²) in [5, 5.41) is 6.56. The van der Waals surface area contributed by atoms with Gasteiger partial charge in [0.25, 0.3) is 0 Å². The Kier molecular flexibility index (Phi) is 7.33. The molecule has 0 amide bonds. The minimum Gasteiger partial charge on any atom is -0.382 e. The molecule has 4 nitrogen and oxygen atoms in total. The van der Waals surface area contributed by atoms with Crippen LogP contribution in [0, 0.1) is 0 Å². The van der Waals surface area contributed by atoms with Gasteiger partial charge in [-0.15, -0.1) is 11.3 Å². The summed E-state index contributed by atoms with van der Waals surface area (Å²) in [6, 6.07) is 0.341. The summed E-state index contributed by atoms with van der Waals surface area (Å²) in [5.41, 5.74) is 0. The number of aromatic nitrogens is 1. The van der Waals surface area contributed by atoms with Crippen molar-refractivity contribution in [3.63, 3.8) is 0 Å². The zero-order valence-corrected chi connectivity index (χ0v) is 10.8. The summed E-state index contributed by atoms with van der Waals surface area (Å²) in [6.45, 7) is 5.05. The van der Waals surface area contributed by atoms with E-state index in [0.29, 0.717) is 25.9 Å². The van der Waals surface area contributed by atoms with Gasteiger partial charge in [-0.2, -0.15) is 0 Å². The minimum atomic E-state index is 0.341. The van der Waals surface area contributed by atoms with Crippen LogP contribution in [0.25, 0.3) is 0 Å². The highest BCUT2D eigenvalue weighted by Gasteiger charge is 2.09. The molecule has 0 spiro atoms. The molecule has 0 radical (unpaired) electrons. The third-order valence-electron chi connectivity index (χ3n) is 2.15. The minimum absolute atomic E-state index is 0.341. The molecule has 1 unspecified atom stereocenters. The van der Waals surface area contributed by atoms with Crippen LogP contribution >= 0.6 is 11.3 Å². The smallest absolute Gasteiger partial charge is 0.0941 e. The monoisotopic (exact) mass is 244 g/mol. The molecular formula is C11H20N2O2S. The Balaban J connectivity index is 2.24. The van der Waals surface area contributed by atoms with Crippen molar-refractivity contribution in [2.75, 3.05) is 33.5 Å². The fourth-order valence-corrected chi connectivity index (χ4v) is 2.11. The molecule has 1 N–H and O–H groups in total. The van der Waals surface area contributed by atoms with Gasteiger partial charge in [0.2, 0.25) is 0 Å². The molecule has 0 bridgehead atoms. The second-order valence-corrected chi connectivity index (χ2v) is 4.43. The van der Waals surface area contributed by atoms with Crippen molar-refractivity contribution in [3.05, 3.63) is 16.6 Å². The molecule has 0 aromatic carbocycles. The lowest BCUT2D eigenvalue weighted by atomic mass is 10.2. The number of thiazole rings is 1. The van der Waals surface area contributed by atoms with Crippen molar-refractivity contribution in [3.8, 4) is 0 Å². The Morgan fingerprint density at radius 2 is 2.38 bits per heavy atom. The molecule has 0 saturated carbocycles. The van der Waals surface area contributed by atoms with Crippen molar-refractivity contribution in [1.29, 1.82) is 0 Å². The lowest BCUT2D eigenvalue weighted by molar-refractivity contribution is 0.0589. The maximum absolute atomic E-state index is 5.53. The summed E-state index contributed by atoms with van der Waals surface area (Å²) in [6.07, 6.45) is 2.77. The number of methoxy groups -OCH3 is 1. The van der Waals surface area contributed by atoms with Crippen LogP contribution in [0.5, 0.6) is 0 Å². The number of ether oxygens (including phenoxy) is 2. The average molecular weight is 244 g/mol. The molecule has 92 valence electrons. The highest BCUT2D eigenvalue weighted by atomic mass is 32.1. The van der Waals surface area contributed by atoms with Crippen LogP contribution in [-0.2, 0) is 15.9 Å². The molecule has 1 rings (SSSR count). The van der Waals surface area contributed by atoms with E-state index >= 15 is 0 Å². The van der Waals surface area contributed by atoms with E-state index in [4.69, 9.17) is 9.47 Å². The Morgan fingerprint density at radius 1 is 1.50 bits per heavy atom. The van der Waals surface area contributed by atoms with Crippen molar-refractivity contribution < 1.29 is 9.47 Å². The van der Waals surface area contributed by atoms with Crippen LogP contribution in [0.3, 0.4) is 0 Å². The number of hydrogen-bond acceptors (Lipinski definition) is 5. The topological polar surface area (TPSA) is 43.4 Å². The first-order chi connectivity index (χ1) is 7.86. The van der Waals surface area contributed by atoms with E-state index in [9.17, 15) is 0 Å². The molecule has 1 aromatic heterocycles. The SMILES string of the molecule is CCNC(COCCOC)Cc1nccs1. The largest absolute Gasteiger partial charge is 0.382 e. The van der Waals surface area contributed by atoms with Crippen LogP contribution < -0.4 is 5.32 Å². The normalized spacial score (nSPS) is 12.9. The number of nitrogens with one attached hydrogen (secondary N) is 1. The first-order valence-corrected chi connectivity index (χ1v) is 6.43. The van der Waals surface area contributed by atoms with Crippen LogP contribution in [0.4, 0.5) is 0 Å². The second kappa shape index (κ2) is 8.64. The fraction of sp³-hybridized carbons (Fsp3) is 0.727. The molecule has 0 aliphatic rings. The van der Waals surface area contributed by atoms with E-state index in [1.807, 2.05) is 11.6 Å². The highest BCUT2D eigenvalue weighted by Crippen LogP contribution is 2.07. The lowest BCUT2D eigenvalue weighted by Gasteiger charge is -2.16. The number of rotatable bonds is 9. The average Bonchev–Trinajstić information content (AvgIpc) is 2.77. The van der Waals surface area contributed by atoms with Crippen molar-refractivity contribution in [2.24, 2.45) is 0 Å². The first kappa shape index (κ1) is 13.6. The van der Waals surface area contributed by atoms with Gasteiger partial charge in [-0.3, -0.25) is 0 Å². The van der Waals surface area contributed by atoms with Crippen LogP contribution in [0.2, 0.25) is 0 Å². The van der Waals surface area contributed by atoms with Crippen LogP contribution in [0.15, 0.2) is 11.6 Å². The van der Waals surface area contributed by atoms with Gasteiger partial charge in [-0.1, -0.05) is 6.92 Å². The molecule has 16 heavy (non-hydrogen) atoms. The third-order valence-corrected chi connectivity index (χ3v) is 2.95. The Labute approximate surface area is 101 Å². The van der Waals surface area contributed by atoms with E-state index in [2.05, 4.69) is 17.2 Å². The van der Waals surface area contributed by atoms with E-state index in [0.717, 1.165) is 18.0 Å². The lowest BCUT2D eigenvalue weighted by Crippen LogP contribution is -2.35. The second-order valence-electron chi connectivity index (χ2n) is 3.45. The quantitative estimate of drug-likeness (QED) is 0.666. The van der Waals surface area contributed by atoms with Gasteiger partial charge in [0.1, 0.15) is 0 Å². The zero-order chi connectivity index (χ0) is 11.6. The molecule has 0 fully saturated rings. The maximum atomic E-state index is 5.53. The summed E-state index contributed by atoms with van der Waals surface area (Å²) in [5.74, 6) is 0. The predicted octanol–water partition coefficient (Wildman–Crippen LogP) is 1.33. The van der Waals surface area contributed by atoms with Gasteiger partial charge in [0.05, 0.1) is 24.8 Å². The molecule has 5 heteroatoms. The summed E-state index contributed by atoms with van der Waals surface area (Å²) in [4.78, 5) is 4.28. The van der Waals surface area contributed by atoms with Crippen LogP contribution in [-0.4, -0.2) is 44.5 Å². The van der Waals surface area contributed by atoms with E-state index < -0.39 is 0 Å². The van der Waals surface area contributed by atoms with Gasteiger partial charge in [0, 0.05) is 31.1 Å². The number of hydrogen-bond donors (Lipinski definition) is 1. The van der Waals surface area contributed by atoms with Crippen LogP contribution in [0.1, 0.15) is 11.9 Å². The van der Waals surface area contributed by atoms with Crippen molar-refractivity contribution in [1.82, 2.24) is 10.3 Å². The van der Waals surface area contributed by atoms with Gasteiger partial charge in [-0.05, 0) is 6.54 Å². The summed E-state index contributed by atoms with van der Waals surface area (Å²) < 4.78 is 10.5. The van der Waals surface area contributed by atoms with E-state index in [1.54, 1.807) is 18.4 Å². The van der Waals surface area contributed by atoms with E-state index in [1.165, 1.54) is 0 Å². The van der Waals surface area contributed by atoms with Gasteiger partial charge < -0.3 is 14.8 Å². The van der Waals surface area contributed by atoms with Gasteiger partial charge in [0.15, 0.2) is 0 Å². The fourth-order valence-electron chi connectivity index (χ4n) is 1.41. The Hall–Kier alpha value is -0.490. The summed E-state index contributed by atoms with van der Waals surface area (Å²) >= 11 is 1.69. The molecule has 0 saturated heterocycles. The van der Waals surface area contributed by atoms with Crippen molar-refractivity contribution in [2.45, 2.75) is 19.4 Å². The van der Waals surface area contributed by atoms with Gasteiger partial charge >= 0.3 is 0 Å². The predicted molar refractivity (Wildman–Crippen MR) is 66.0 cm³/mol. The van der Waals surface area contributed by atoms with Gasteiger partial charge in [-0.25, -0.2) is 4.98 Å². The number of likely N-dealkylation sites (N-methyl/N-ethyl adjacent to an activating group) is 1. The zero-order valence-electron chi connectivity index (χ0n) is 9.94. The molecule has 1 heterocycles. The molecule has 1 aromatic rings. The number of nitrogens with zero attached hydrogens (tertiary/aromatic N) is 1. The Bertz CT molecular complexity index is 254. The standard InChI is InChI=1S/C11H20N2O2S/c1-3-12-10(9-15-6-5-14-2)8-11-13-4-7-16-11/h4,7,10,12H,3,5-6,8-9H2,1-2H3. The Morgan fingerprint density at radius 3 is 3.00 bits per heavy atom. The van der Waals surface area contributed by atoms with Crippen molar-refractivity contribution >= 4 is 11.3 Å². The molecular weight excluding hydrogens is 224 g/mol. The van der Waals surface area contributed by atoms with E-state index in [-0.39, 0.29) is 0 Å². The maximum Gasteiger partial charge on any atom is 0.0941 e. The molecule has 1 atom stereocenters. The molecule has 0 aliphatic carbocycles. The molecule has 0 aliphatic heterocycles. The third kappa shape index (κ3) is 5.55. The first-order valence-electron chi connectivity index (χ1n) is 5.55. The highest BCUT2D eigenvalue weighted by molar-refractivity contribution is 7.09.